The highest BCUT2D eigenvalue weighted by atomic mass is 16.6. The highest BCUT2D eigenvalue weighted by Crippen LogP contribution is 2.28. The number of rotatable bonds is 14. The number of nitrogens with zero attached hydrogens (tertiary/aromatic N) is 2. The fraction of sp³-hybridized carbons (Fsp3) is 0.500. The van der Waals surface area contributed by atoms with Crippen molar-refractivity contribution in [2.75, 3.05) is 62.4 Å². The third-order valence-electron chi connectivity index (χ3n) is 5.46. The smallest absolute Gasteiger partial charge is 0.127 e. The minimum Gasteiger partial charge on any atom is -0.457 e. The van der Waals surface area contributed by atoms with Gasteiger partial charge in [-0.25, -0.2) is 0 Å². The van der Waals surface area contributed by atoms with Crippen LogP contribution in [0.4, 0.5) is 11.4 Å². The molecule has 0 spiro atoms. The molecule has 2 N–H and O–H groups in total. The summed E-state index contributed by atoms with van der Waals surface area (Å²) in [7, 11) is 0. The van der Waals surface area contributed by atoms with E-state index in [4.69, 9.17) is 24.4 Å². The molecule has 168 valence electrons. The van der Waals surface area contributed by atoms with Crippen molar-refractivity contribution in [1.29, 1.82) is 0 Å². The van der Waals surface area contributed by atoms with Crippen LogP contribution in [-0.2, 0) is 9.47 Å². The van der Waals surface area contributed by atoms with E-state index in [0.29, 0.717) is 12.2 Å². The first-order valence-electron chi connectivity index (χ1n) is 11.1. The topological polar surface area (TPSA) is 81.2 Å². The van der Waals surface area contributed by atoms with Crippen LogP contribution < -0.4 is 14.5 Å². The van der Waals surface area contributed by atoms with Crippen molar-refractivity contribution in [3.63, 3.8) is 0 Å². The Morgan fingerprint density at radius 1 is 0.710 bits per heavy atom. The average Bonchev–Trinajstić information content (AvgIpc) is 3.72. The second kappa shape index (κ2) is 10.8. The van der Waals surface area contributed by atoms with Gasteiger partial charge in [0, 0.05) is 50.8 Å². The second-order valence-electron chi connectivity index (χ2n) is 8.05. The monoisotopic (exact) mass is 428 g/mol. The van der Waals surface area contributed by atoms with Gasteiger partial charge in [-0.2, -0.15) is 0 Å². The van der Waals surface area contributed by atoms with Gasteiger partial charge in [0.25, 0.3) is 0 Å². The minimum atomic E-state index is 0.185. The van der Waals surface area contributed by atoms with Crippen LogP contribution in [-0.4, -0.2) is 75.0 Å². The molecular weight excluding hydrogens is 396 g/mol. The van der Waals surface area contributed by atoms with Gasteiger partial charge in [0.1, 0.15) is 11.5 Å². The number of hydrogen-bond acceptors (Lipinski definition) is 7. The van der Waals surface area contributed by atoms with Crippen molar-refractivity contribution in [2.24, 2.45) is 0 Å². The van der Waals surface area contributed by atoms with E-state index < -0.39 is 0 Å². The van der Waals surface area contributed by atoms with Gasteiger partial charge >= 0.3 is 0 Å². The number of epoxide rings is 2. The summed E-state index contributed by atoms with van der Waals surface area (Å²) in [5, 5.41) is 18.3. The van der Waals surface area contributed by atoms with Crippen LogP contribution in [0.2, 0.25) is 0 Å². The molecule has 2 atom stereocenters. The Balaban J connectivity index is 1.35. The Morgan fingerprint density at radius 3 is 1.42 bits per heavy atom. The number of hydrogen-bond donors (Lipinski definition) is 2. The molecule has 2 aliphatic rings. The first kappa shape index (κ1) is 21.9. The maximum absolute atomic E-state index is 9.16. The molecule has 0 radical (unpaired) electrons. The predicted molar refractivity (Wildman–Crippen MR) is 120 cm³/mol. The fourth-order valence-corrected chi connectivity index (χ4v) is 3.60. The lowest BCUT2D eigenvalue weighted by molar-refractivity contribution is 0.288. The summed E-state index contributed by atoms with van der Waals surface area (Å²) in [5.74, 6) is 1.56. The SMILES string of the molecule is OCCCN(CC1CO1)c1ccc(Oc2ccc(N(CCCO)CC3CO3)cc2)cc1. The van der Waals surface area contributed by atoms with Gasteiger partial charge in [-0.15, -0.1) is 0 Å². The highest BCUT2D eigenvalue weighted by Gasteiger charge is 2.26. The molecule has 2 heterocycles. The van der Waals surface area contributed by atoms with Crippen LogP contribution >= 0.6 is 0 Å². The fourth-order valence-electron chi connectivity index (χ4n) is 3.60. The Bertz CT molecular complexity index is 723. The molecule has 31 heavy (non-hydrogen) atoms. The standard InChI is InChI=1S/C24H32N2O5/c27-13-1-11-25(15-23-17-29-23)19-3-7-21(8-4-19)31-22-9-5-20(6-10-22)26(12-2-14-28)16-24-18-30-24/h3-10,23-24,27-28H,1-2,11-18H2. The van der Waals surface area contributed by atoms with Crippen molar-refractivity contribution >= 4 is 11.4 Å². The Labute approximate surface area is 183 Å². The van der Waals surface area contributed by atoms with Gasteiger partial charge < -0.3 is 34.2 Å². The zero-order valence-corrected chi connectivity index (χ0v) is 17.9. The molecule has 2 fully saturated rings. The van der Waals surface area contributed by atoms with E-state index in [-0.39, 0.29) is 13.2 Å². The van der Waals surface area contributed by atoms with Gasteiger partial charge in [0.05, 0.1) is 25.4 Å². The maximum atomic E-state index is 9.16. The van der Waals surface area contributed by atoms with Gasteiger partial charge in [-0.05, 0) is 61.4 Å². The van der Waals surface area contributed by atoms with Crippen molar-refractivity contribution in [3.05, 3.63) is 48.5 Å². The molecule has 0 bridgehead atoms. The van der Waals surface area contributed by atoms with Crippen molar-refractivity contribution in [1.82, 2.24) is 0 Å². The molecule has 0 saturated carbocycles. The molecule has 2 unspecified atom stereocenters. The van der Waals surface area contributed by atoms with E-state index >= 15 is 0 Å². The molecule has 4 rings (SSSR count). The highest BCUT2D eigenvalue weighted by molar-refractivity contribution is 5.52. The number of anilines is 2. The predicted octanol–water partition coefficient (Wildman–Crippen LogP) is 2.65. The summed E-state index contributed by atoms with van der Waals surface area (Å²) >= 11 is 0. The third-order valence-corrected chi connectivity index (χ3v) is 5.46. The third kappa shape index (κ3) is 6.83. The van der Waals surface area contributed by atoms with Crippen molar-refractivity contribution < 1.29 is 24.4 Å². The molecular formula is C24H32N2O5. The summed E-state index contributed by atoms with van der Waals surface area (Å²) in [4.78, 5) is 4.49. The number of aliphatic hydroxyl groups is 2. The summed E-state index contributed by atoms with van der Waals surface area (Å²) in [5.41, 5.74) is 2.21. The first-order chi connectivity index (χ1) is 15.2. The van der Waals surface area contributed by atoms with Crippen LogP contribution in [0.1, 0.15) is 12.8 Å². The molecule has 2 saturated heterocycles. The molecule has 2 aromatic carbocycles. The zero-order chi connectivity index (χ0) is 21.5. The summed E-state index contributed by atoms with van der Waals surface area (Å²) in [6, 6.07) is 16.1. The molecule has 7 heteroatoms. The lowest BCUT2D eigenvalue weighted by atomic mass is 10.2. The Kier molecular flexibility index (Phi) is 7.64. The largest absolute Gasteiger partial charge is 0.457 e. The van der Waals surface area contributed by atoms with E-state index in [1.165, 1.54) is 0 Å². The van der Waals surface area contributed by atoms with Crippen molar-refractivity contribution in [3.8, 4) is 11.5 Å². The molecule has 7 nitrogen and oxygen atoms in total. The van der Waals surface area contributed by atoms with Crippen LogP contribution in [0.5, 0.6) is 11.5 Å². The summed E-state index contributed by atoms with van der Waals surface area (Å²) in [6.07, 6.45) is 2.08. The molecule has 2 aromatic rings. The quantitative estimate of drug-likeness (QED) is 0.448. The number of benzene rings is 2. The molecule has 0 aliphatic carbocycles. The lowest BCUT2D eigenvalue weighted by Gasteiger charge is -2.24. The van der Waals surface area contributed by atoms with E-state index in [9.17, 15) is 0 Å². The number of ether oxygens (including phenoxy) is 3. The van der Waals surface area contributed by atoms with Crippen LogP contribution in [0.3, 0.4) is 0 Å². The first-order valence-corrected chi connectivity index (χ1v) is 11.1. The Morgan fingerprint density at radius 2 is 1.10 bits per heavy atom. The van der Waals surface area contributed by atoms with Gasteiger partial charge in [0.15, 0.2) is 0 Å². The van der Waals surface area contributed by atoms with Crippen LogP contribution in [0.25, 0.3) is 0 Å². The Hall–Kier alpha value is -2.32. The molecule has 0 aromatic heterocycles. The second-order valence-corrected chi connectivity index (χ2v) is 8.05. The summed E-state index contributed by atoms with van der Waals surface area (Å²) < 4.78 is 16.8. The normalized spacial score (nSPS) is 19.2. The van der Waals surface area contributed by atoms with E-state index in [1.54, 1.807) is 0 Å². The van der Waals surface area contributed by atoms with E-state index in [0.717, 1.165) is 75.1 Å². The van der Waals surface area contributed by atoms with Gasteiger partial charge in [-0.3, -0.25) is 0 Å². The zero-order valence-electron chi connectivity index (χ0n) is 17.9. The minimum absolute atomic E-state index is 0.185. The summed E-state index contributed by atoms with van der Waals surface area (Å²) in [6.45, 7) is 5.30. The average molecular weight is 429 g/mol. The van der Waals surface area contributed by atoms with Crippen LogP contribution in [0.15, 0.2) is 48.5 Å². The number of aliphatic hydroxyl groups excluding tert-OH is 2. The molecule has 2 aliphatic heterocycles. The van der Waals surface area contributed by atoms with Gasteiger partial charge in [-0.1, -0.05) is 0 Å². The van der Waals surface area contributed by atoms with E-state index in [2.05, 4.69) is 34.1 Å². The maximum Gasteiger partial charge on any atom is 0.127 e. The van der Waals surface area contributed by atoms with Crippen LogP contribution in [0, 0.1) is 0 Å². The van der Waals surface area contributed by atoms with E-state index in [1.807, 2.05) is 24.3 Å². The molecule has 0 amide bonds. The van der Waals surface area contributed by atoms with Gasteiger partial charge in [0.2, 0.25) is 0 Å². The van der Waals surface area contributed by atoms with Crippen molar-refractivity contribution in [2.45, 2.75) is 25.0 Å². The lowest BCUT2D eigenvalue weighted by Crippen LogP contribution is -2.29.